The maximum atomic E-state index is 11.1. The summed E-state index contributed by atoms with van der Waals surface area (Å²) in [5.74, 6) is 0.651. The van der Waals surface area contributed by atoms with E-state index in [4.69, 9.17) is 15.3 Å². The van der Waals surface area contributed by atoms with Crippen LogP contribution in [0.1, 0.15) is 11.1 Å². The first-order chi connectivity index (χ1) is 10.6. The van der Waals surface area contributed by atoms with Crippen LogP contribution in [0.3, 0.4) is 0 Å². The van der Waals surface area contributed by atoms with Gasteiger partial charge in [-0.15, -0.1) is 0 Å². The highest BCUT2D eigenvalue weighted by atomic mass is 16.6. The van der Waals surface area contributed by atoms with Gasteiger partial charge in [0.1, 0.15) is 23.6 Å². The summed E-state index contributed by atoms with van der Waals surface area (Å²) in [4.78, 5) is 10.5. The molecular weight excluding hydrogens is 284 g/mol. The number of hydrogen-bond acceptors (Lipinski definition) is 6. The average molecular weight is 294 g/mol. The fourth-order valence-corrected chi connectivity index (χ4v) is 1.85. The third-order valence-electron chi connectivity index (χ3n) is 2.94. The molecule has 1 N–H and O–H groups in total. The number of ether oxygens (including phenoxy) is 1. The van der Waals surface area contributed by atoms with E-state index < -0.39 is 4.92 Å². The lowest BCUT2D eigenvalue weighted by Gasteiger charge is -2.09. The zero-order valence-corrected chi connectivity index (χ0v) is 11.5. The van der Waals surface area contributed by atoms with Crippen molar-refractivity contribution in [2.24, 2.45) is 0 Å². The van der Waals surface area contributed by atoms with Crippen LogP contribution in [0, 0.1) is 32.8 Å². The molecule has 0 saturated carbocycles. The largest absolute Gasteiger partial charge is 0.497 e. The number of nitriles is 2. The lowest BCUT2D eigenvalue weighted by molar-refractivity contribution is -0.383. The van der Waals surface area contributed by atoms with Gasteiger partial charge in [-0.3, -0.25) is 10.1 Å². The van der Waals surface area contributed by atoms with Crippen molar-refractivity contribution in [2.75, 3.05) is 12.4 Å². The minimum atomic E-state index is -0.603. The van der Waals surface area contributed by atoms with E-state index in [1.54, 1.807) is 30.3 Å². The Morgan fingerprint density at radius 3 is 2.23 bits per heavy atom. The number of rotatable bonds is 4. The van der Waals surface area contributed by atoms with Crippen molar-refractivity contribution in [1.29, 1.82) is 10.5 Å². The van der Waals surface area contributed by atoms with Gasteiger partial charge in [-0.25, -0.2) is 0 Å². The van der Waals surface area contributed by atoms with E-state index in [0.29, 0.717) is 11.4 Å². The number of nitro groups is 1. The molecule has 7 nitrogen and oxygen atoms in total. The highest BCUT2D eigenvalue weighted by molar-refractivity contribution is 5.74. The summed E-state index contributed by atoms with van der Waals surface area (Å²) in [6.45, 7) is 0. The van der Waals surface area contributed by atoms with Crippen molar-refractivity contribution in [3.63, 3.8) is 0 Å². The third kappa shape index (κ3) is 2.94. The molecule has 0 aromatic heterocycles. The van der Waals surface area contributed by atoms with Gasteiger partial charge in [-0.05, 0) is 30.3 Å². The van der Waals surface area contributed by atoms with Crippen molar-refractivity contribution >= 4 is 17.1 Å². The molecule has 0 unspecified atom stereocenters. The summed E-state index contributed by atoms with van der Waals surface area (Å²) in [6, 6.07) is 12.8. The molecule has 2 aromatic carbocycles. The number of nitrogens with zero attached hydrogens (tertiary/aromatic N) is 3. The molecule has 2 aromatic rings. The molecule has 0 aliphatic carbocycles. The van der Waals surface area contributed by atoms with Crippen LogP contribution in [-0.2, 0) is 0 Å². The third-order valence-corrected chi connectivity index (χ3v) is 2.94. The molecule has 0 aliphatic rings. The van der Waals surface area contributed by atoms with Gasteiger partial charge >= 0.3 is 0 Å². The second-order valence-corrected chi connectivity index (χ2v) is 4.25. The van der Waals surface area contributed by atoms with E-state index in [-0.39, 0.29) is 22.5 Å². The van der Waals surface area contributed by atoms with Crippen LogP contribution >= 0.6 is 0 Å². The van der Waals surface area contributed by atoms with Gasteiger partial charge in [-0.1, -0.05) is 0 Å². The molecule has 0 aliphatic heterocycles. The highest BCUT2D eigenvalue weighted by Gasteiger charge is 2.18. The molecule has 2 rings (SSSR count). The molecule has 0 atom stereocenters. The Kier molecular flexibility index (Phi) is 4.21. The Balaban J connectivity index is 2.46. The van der Waals surface area contributed by atoms with Gasteiger partial charge in [0.2, 0.25) is 0 Å². The molecule has 0 heterocycles. The Morgan fingerprint density at radius 1 is 1.14 bits per heavy atom. The standard InChI is InChI=1S/C15H10N4O3/c1-22-13-4-2-12(3-5-13)18-14-6-10(8-16)11(9-17)7-15(14)19(20)21/h2-7,18H,1H3. The second kappa shape index (κ2) is 6.25. The Hall–Kier alpha value is -3.58. The molecular formula is C15H10N4O3. The van der Waals surface area contributed by atoms with Crippen LogP contribution in [0.25, 0.3) is 0 Å². The molecule has 0 saturated heterocycles. The normalized spacial score (nSPS) is 9.41. The fourth-order valence-electron chi connectivity index (χ4n) is 1.85. The Morgan fingerprint density at radius 2 is 1.73 bits per heavy atom. The topological polar surface area (TPSA) is 112 Å². The number of anilines is 2. The predicted molar refractivity (Wildman–Crippen MR) is 78.8 cm³/mol. The van der Waals surface area contributed by atoms with Crippen LogP contribution in [0.5, 0.6) is 5.75 Å². The van der Waals surface area contributed by atoms with Crippen molar-refractivity contribution in [1.82, 2.24) is 0 Å². The SMILES string of the molecule is COc1ccc(Nc2cc(C#N)c(C#N)cc2[N+](=O)[O-])cc1. The van der Waals surface area contributed by atoms with Crippen molar-refractivity contribution < 1.29 is 9.66 Å². The van der Waals surface area contributed by atoms with E-state index in [9.17, 15) is 10.1 Å². The first-order valence-electron chi connectivity index (χ1n) is 6.12. The van der Waals surface area contributed by atoms with Crippen LogP contribution < -0.4 is 10.1 Å². The lowest BCUT2D eigenvalue weighted by atomic mass is 10.1. The maximum Gasteiger partial charge on any atom is 0.294 e. The fraction of sp³-hybridized carbons (Fsp3) is 0.0667. The average Bonchev–Trinajstić information content (AvgIpc) is 2.54. The number of nitrogens with one attached hydrogen (secondary N) is 1. The smallest absolute Gasteiger partial charge is 0.294 e. The molecule has 22 heavy (non-hydrogen) atoms. The minimum absolute atomic E-state index is 0.0329. The summed E-state index contributed by atoms with van der Waals surface area (Å²) < 4.78 is 5.03. The molecule has 0 spiro atoms. The van der Waals surface area contributed by atoms with Gasteiger partial charge in [0.25, 0.3) is 5.69 Å². The maximum absolute atomic E-state index is 11.1. The number of nitro benzene ring substituents is 1. The van der Waals surface area contributed by atoms with E-state index in [0.717, 1.165) is 6.07 Å². The van der Waals surface area contributed by atoms with Gasteiger partial charge in [0.15, 0.2) is 0 Å². The van der Waals surface area contributed by atoms with Crippen molar-refractivity contribution in [2.45, 2.75) is 0 Å². The van der Waals surface area contributed by atoms with E-state index in [2.05, 4.69) is 5.32 Å². The summed E-state index contributed by atoms with van der Waals surface area (Å²) in [6.07, 6.45) is 0. The summed E-state index contributed by atoms with van der Waals surface area (Å²) in [5, 5.41) is 32.0. The van der Waals surface area contributed by atoms with Gasteiger partial charge in [0.05, 0.1) is 23.2 Å². The summed E-state index contributed by atoms with van der Waals surface area (Å²) >= 11 is 0. The number of benzene rings is 2. The Bertz CT molecular complexity index is 801. The first-order valence-corrected chi connectivity index (χ1v) is 6.12. The molecule has 0 bridgehead atoms. The lowest BCUT2D eigenvalue weighted by Crippen LogP contribution is -1.99. The molecule has 0 amide bonds. The highest BCUT2D eigenvalue weighted by Crippen LogP contribution is 2.31. The summed E-state index contributed by atoms with van der Waals surface area (Å²) in [7, 11) is 1.53. The Labute approximate surface area is 126 Å². The monoisotopic (exact) mass is 294 g/mol. The van der Waals surface area contributed by atoms with Crippen molar-refractivity contribution in [3.05, 3.63) is 57.6 Å². The van der Waals surface area contributed by atoms with E-state index in [1.807, 2.05) is 6.07 Å². The van der Waals surface area contributed by atoms with E-state index in [1.165, 1.54) is 13.2 Å². The first kappa shape index (κ1) is 14.8. The van der Waals surface area contributed by atoms with Gasteiger partial charge in [0, 0.05) is 11.8 Å². The van der Waals surface area contributed by atoms with Crippen LogP contribution in [-0.4, -0.2) is 12.0 Å². The van der Waals surface area contributed by atoms with Crippen LogP contribution in [0.2, 0.25) is 0 Å². The van der Waals surface area contributed by atoms with Gasteiger partial charge < -0.3 is 10.1 Å². The van der Waals surface area contributed by atoms with Crippen LogP contribution in [0.4, 0.5) is 17.1 Å². The zero-order chi connectivity index (χ0) is 16.1. The molecule has 0 radical (unpaired) electrons. The number of hydrogen-bond donors (Lipinski definition) is 1. The zero-order valence-electron chi connectivity index (χ0n) is 11.5. The minimum Gasteiger partial charge on any atom is -0.497 e. The number of methoxy groups -OCH3 is 1. The molecule has 0 fully saturated rings. The summed E-state index contributed by atoms with van der Waals surface area (Å²) in [5.41, 5.74) is 0.508. The molecule has 7 heteroatoms. The van der Waals surface area contributed by atoms with Crippen molar-refractivity contribution in [3.8, 4) is 17.9 Å². The molecule has 108 valence electrons. The predicted octanol–water partition coefficient (Wildman–Crippen LogP) is 3.09. The quantitative estimate of drug-likeness (QED) is 0.685. The van der Waals surface area contributed by atoms with E-state index >= 15 is 0 Å². The van der Waals surface area contributed by atoms with Crippen LogP contribution in [0.15, 0.2) is 36.4 Å². The second-order valence-electron chi connectivity index (χ2n) is 4.25. The van der Waals surface area contributed by atoms with Gasteiger partial charge in [-0.2, -0.15) is 10.5 Å².